The predicted molar refractivity (Wildman–Crippen MR) is 111 cm³/mol. The molecule has 0 fully saturated rings. The molecule has 0 aliphatic carbocycles. The van der Waals surface area contributed by atoms with Gasteiger partial charge in [-0.05, 0) is 35.6 Å². The second kappa shape index (κ2) is 7.38. The minimum Gasteiger partial charge on any atom is -0.493 e. The lowest BCUT2D eigenvalue weighted by atomic mass is 9.87. The van der Waals surface area contributed by atoms with Crippen LogP contribution in [0.15, 0.2) is 30.3 Å². The molecule has 0 spiro atoms. The third-order valence-corrected chi connectivity index (χ3v) is 5.43. The molecular formula is C23H28N2O3. The van der Waals surface area contributed by atoms with E-state index in [1.807, 2.05) is 12.1 Å². The van der Waals surface area contributed by atoms with E-state index in [2.05, 4.69) is 49.6 Å². The van der Waals surface area contributed by atoms with Crippen LogP contribution in [0.3, 0.4) is 0 Å². The molecule has 5 nitrogen and oxygen atoms in total. The Bertz CT molecular complexity index is 850. The van der Waals surface area contributed by atoms with Crippen LogP contribution in [0.1, 0.15) is 43.0 Å². The zero-order valence-corrected chi connectivity index (χ0v) is 16.9. The van der Waals surface area contributed by atoms with Gasteiger partial charge in [0.15, 0.2) is 0 Å². The summed E-state index contributed by atoms with van der Waals surface area (Å²) in [7, 11) is 0. The lowest BCUT2D eigenvalue weighted by Crippen LogP contribution is -2.30. The number of carbonyl (C=O) groups is 1. The fourth-order valence-corrected chi connectivity index (χ4v) is 3.88. The topological polar surface area (TPSA) is 59.6 Å². The molecule has 0 radical (unpaired) electrons. The monoisotopic (exact) mass is 380 g/mol. The van der Waals surface area contributed by atoms with E-state index in [0.29, 0.717) is 6.54 Å². The number of benzene rings is 2. The summed E-state index contributed by atoms with van der Waals surface area (Å²) in [4.78, 5) is 12.3. The van der Waals surface area contributed by atoms with Crippen molar-refractivity contribution < 1.29 is 14.3 Å². The Morgan fingerprint density at radius 2 is 1.82 bits per heavy atom. The van der Waals surface area contributed by atoms with Gasteiger partial charge in [-0.3, -0.25) is 0 Å². The van der Waals surface area contributed by atoms with E-state index < -0.39 is 0 Å². The van der Waals surface area contributed by atoms with Crippen LogP contribution in [0.25, 0.3) is 0 Å². The zero-order valence-electron chi connectivity index (χ0n) is 16.9. The molecule has 0 atom stereocenters. The molecule has 2 aliphatic heterocycles. The van der Waals surface area contributed by atoms with E-state index in [9.17, 15) is 4.79 Å². The number of hydrogen-bond donors (Lipinski definition) is 2. The zero-order chi connectivity index (χ0) is 19.7. The largest absolute Gasteiger partial charge is 0.493 e. The molecule has 2 amide bonds. The van der Waals surface area contributed by atoms with Crippen molar-refractivity contribution in [1.29, 1.82) is 0 Å². The van der Waals surface area contributed by atoms with Gasteiger partial charge >= 0.3 is 6.03 Å². The minimum absolute atomic E-state index is 0.1000. The van der Waals surface area contributed by atoms with Gasteiger partial charge in [0.05, 0.1) is 13.2 Å². The fourth-order valence-electron chi connectivity index (χ4n) is 3.88. The average Bonchev–Trinajstić information content (AvgIpc) is 3.29. The van der Waals surface area contributed by atoms with E-state index in [4.69, 9.17) is 9.47 Å². The maximum Gasteiger partial charge on any atom is 0.319 e. The molecule has 28 heavy (non-hydrogen) atoms. The summed E-state index contributed by atoms with van der Waals surface area (Å²) in [5, 5.41) is 5.87. The number of amides is 2. The van der Waals surface area contributed by atoms with E-state index >= 15 is 0 Å². The van der Waals surface area contributed by atoms with E-state index in [1.54, 1.807) is 0 Å². The number of ether oxygens (including phenoxy) is 2. The number of urea groups is 1. The van der Waals surface area contributed by atoms with E-state index in [1.165, 1.54) is 22.3 Å². The Kier molecular flexibility index (Phi) is 4.92. The van der Waals surface area contributed by atoms with Gasteiger partial charge in [-0.2, -0.15) is 0 Å². The Balaban J connectivity index is 1.35. The lowest BCUT2D eigenvalue weighted by Gasteiger charge is -2.19. The molecule has 2 heterocycles. The van der Waals surface area contributed by atoms with E-state index in [0.717, 1.165) is 49.7 Å². The van der Waals surface area contributed by atoms with Crippen LogP contribution >= 0.6 is 0 Å². The van der Waals surface area contributed by atoms with E-state index in [-0.39, 0.29) is 11.4 Å². The van der Waals surface area contributed by atoms with Crippen molar-refractivity contribution in [3.8, 4) is 11.5 Å². The van der Waals surface area contributed by atoms with Gasteiger partial charge in [0.1, 0.15) is 11.5 Å². The fraction of sp³-hybridized carbons (Fsp3) is 0.435. The van der Waals surface area contributed by atoms with Gasteiger partial charge in [0.2, 0.25) is 0 Å². The third kappa shape index (κ3) is 3.79. The van der Waals surface area contributed by atoms with Gasteiger partial charge in [0, 0.05) is 41.8 Å². The normalized spacial score (nSPS) is 14.7. The van der Waals surface area contributed by atoms with Crippen LogP contribution in [0, 0.1) is 0 Å². The van der Waals surface area contributed by atoms with Crippen molar-refractivity contribution in [1.82, 2.24) is 5.32 Å². The van der Waals surface area contributed by atoms with Crippen LogP contribution < -0.4 is 20.1 Å². The summed E-state index contributed by atoms with van der Waals surface area (Å²) in [6.07, 6.45) is 2.58. The SMILES string of the molecule is CC(C)(C)c1ccc(NC(=O)NCCc2c3c(cc4c2OCC4)OCC3)cc1. The summed E-state index contributed by atoms with van der Waals surface area (Å²) in [6.45, 7) is 8.53. The summed E-state index contributed by atoms with van der Waals surface area (Å²) >= 11 is 0. The predicted octanol–water partition coefficient (Wildman–Crippen LogP) is 4.22. The molecule has 0 saturated carbocycles. The van der Waals surface area contributed by atoms with Crippen LogP contribution in [0.4, 0.5) is 10.5 Å². The van der Waals surface area contributed by atoms with Gasteiger partial charge < -0.3 is 20.1 Å². The van der Waals surface area contributed by atoms with Crippen LogP contribution in [0.2, 0.25) is 0 Å². The summed E-state index contributed by atoms with van der Waals surface area (Å²) < 4.78 is 11.6. The second-order valence-electron chi connectivity index (χ2n) is 8.48. The number of hydrogen-bond acceptors (Lipinski definition) is 3. The highest BCUT2D eigenvalue weighted by Gasteiger charge is 2.26. The molecular weight excluding hydrogens is 352 g/mol. The van der Waals surface area contributed by atoms with Crippen molar-refractivity contribution >= 4 is 11.7 Å². The molecule has 0 unspecified atom stereocenters. The van der Waals surface area contributed by atoms with Crippen molar-refractivity contribution in [3.05, 3.63) is 52.6 Å². The molecule has 2 aliphatic rings. The summed E-state index contributed by atoms with van der Waals surface area (Å²) in [6, 6.07) is 9.94. The minimum atomic E-state index is -0.190. The number of carbonyl (C=O) groups excluding carboxylic acids is 1. The second-order valence-corrected chi connectivity index (χ2v) is 8.48. The Morgan fingerprint density at radius 3 is 2.57 bits per heavy atom. The number of anilines is 1. The standard InChI is InChI=1S/C23H28N2O3/c1-23(2,3)16-4-6-17(7-5-16)25-22(26)24-11-8-19-18-10-13-27-20(18)14-15-9-12-28-21(15)19/h4-7,14H,8-13H2,1-3H3,(H2,24,25,26). The van der Waals surface area contributed by atoms with Crippen molar-refractivity contribution in [2.24, 2.45) is 0 Å². The van der Waals surface area contributed by atoms with Gasteiger partial charge in [-0.1, -0.05) is 32.9 Å². The van der Waals surface area contributed by atoms with Gasteiger partial charge in [0.25, 0.3) is 0 Å². The number of fused-ring (bicyclic) bond motifs is 2. The Morgan fingerprint density at radius 1 is 1.07 bits per heavy atom. The molecule has 148 valence electrons. The molecule has 2 aromatic carbocycles. The highest BCUT2D eigenvalue weighted by molar-refractivity contribution is 5.89. The van der Waals surface area contributed by atoms with Crippen molar-refractivity contribution in [2.45, 2.75) is 45.4 Å². The third-order valence-electron chi connectivity index (χ3n) is 5.43. The molecule has 4 rings (SSSR count). The quantitative estimate of drug-likeness (QED) is 0.835. The lowest BCUT2D eigenvalue weighted by molar-refractivity contribution is 0.252. The first-order valence-electron chi connectivity index (χ1n) is 10.0. The Labute approximate surface area is 166 Å². The molecule has 0 saturated heterocycles. The van der Waals surface area contributed by atoms with Crippen molar-refractivity contribution in [3.63, 3.8) is 0 Å². The van der Waals surface area contributed by atoms with Crippen LogP contribution in [0.5, 0.6) is 11.5 Å². The molecule has 5 heteroatoms. The first kappa shape index (κ1) is 18.7. The first-order valence-corrected chi connectivity index (χ1v) is 10.0. The maximum atomic E-state index is 12.3. The maximum absolute atomic E-state index is 12.3. The van der Waals surface area contributed by atoms with Gasteiger partial charge in [-0.25, -0.2) is 4.79 Å². The molecule has 0 aromatic heterocycles. The molecule has 0 bridgehead atoms. The highest BCUT2D eigenvalue weighted by Crippen LogP contribution is 2.40. The van der Waals surface area contributed by atoms with Crippen LogP contribution in [-0.2, 0) is 24.7 Å². The molecule has 2 aromatic rings. The summed E-state index contributed by atoms with van der Waals surface area (Å²) in [5.41, 5.74) is 5.79. The summed E-state index contributed by atoms with van der Waals surface area (Å²) in [5.74, 6) is 1.99. The highest BCUT2D eigenvalue weighted by atomic mass is 16.5. The van der Waals surface area contributed by atoms with Gasteiger partial charge in [-0.15, -0.1) is 0 Å². The van der Waals surface area contributed by atoms with Crippen LogP contribution in [-0.4, -0.2) is 25.8 Å². The number of nitrogens with one attached hydrogen (secondary N) is 2. The smallest absolute Gasteiger partial charge is 0.319 e. The number of rotatable bonds is 4. The Hall–Kier alpha value is -2.69. The molecule has 2 N–H and O–H groups in total. The first-order chi connectivity index (χ1) is 13.4. The van der Waals surface area contributed by atoms with Crippen molar-refractivity contribution in [2.75, 3.05) is 25.1 Å². The average molecular weight is 380 g/mol.